The highest BCUT2D eigenvalue weighted by Crippen LogP contribution is 2.24. The summed E-state index contributed by atoms with van der Waals surface area (Å²) < 4.78 is 32.3. The van der Waals surface area contributed by atoms with E-state index in [-0.39, 0.29) is 24.3 Å². The Morgan fingerprint density at radius 1 is 1.17 bits per heavy atom. The van der Waals surface area contributed by atoms with Gasteiger partial charge >= 0.3 is 23.9 Å². The maximum atomic E-state index is 12.9. The monoisotopic (exact) mass is 514 g/mol. The second-order valence-electron chi connectivity index (χ2n) is 7.71. The molecule has 192 valence electrons. The van der Waals surface area contributed by atoms with Crippen LogP contribution >= 0.6 is 0 Å². The Morgan fingerprint density at radius 2 is 1.83 bits per heavy atom. The average molecular weight is 515 g/mol. The highest BCUT2D eigenvalue weighted by Gasteiger charge is 2.46. The number of benzene rings is 1. The molecule has 1 aliphatic heterocycles. The van der Waals surface area contributed by atoms with Gasteiger partial charge in [0.25, 0.3) is 0 Å². The van der Waals surface area contributed by atoms with Crippen LogP contribution in [0.2, 0.25) is 0 Å². The molecule has 1 heterocycles. The van der Waals surface area contributed by atoms with Crippen molar-refractivity contribution in [2.24, 2.45) is 11.7 Å². The molecule has 35 heavy (non-hydrogen) atoms. The lowest BCUT2D eigenvalue weighted by Crippen LogP contribution is -2.50. The number of nitrogens with two attached hydrogens (primary N) is 1. The molecule has 1 saturated heterocycles. The lowest BCUT2D eigenvalue weighted by atomic mass is 9.94. The third-order valence-electron chi connectivity index (χ3n) is 4.92. The largest absolute Gasteiger partial charge is 0.460 e. The van der Waals surface area contributed by atoms with Gasteiger partial charge < -0.3 is 30.5 Å². The van der Waals surface area contributed by atoms with E-state index in [1.54, 1.807) is 11.5 Å². The molecule has 3 unspecified atom stereocenters. The molecule has 0 saturated carbocycles. The zero-order valence-electron chi connectivity index (χ0n) is 18.4. The van der Waals surface area contributed by atoms with Crippen LogP contribution in [0.25, 0.3) is 0 Å². The minimum Gasteiger partial charge on any atom is -0.460 e. The van der Waals surface area contributed by atoms with Gasteiger partial charge in [-0.3, -0.25) is 10.2 Å². The number of rotatable bonds is 9. The van der Waals surface area contributed by atoms with Crippen molar-refractivity contribution in [2.45, 2.75) is 31.0 Å². The first kappa shape index (κ1) is 27.7. The van der Waals surface area contributed by atoms with E-state index in [0.29, 0.717) is 6.54 Å². The Balaban J connectivity index is 2.17. The molecule has 6 N–H and O–H groups in total. The zero-order chi connectivity index (χ0) is 26.0. The zero-order valence-corrected chi connectivity index (χ0v) is 19.3. The molecule has 14 nitrogen and oxygen atoms in total. The number of esters is 3. The molecule has 1 aliphatic rings. The van der Waals surface area contributed by atoms with E-state index < -0.39 is 71.0 Å². The highest BCUT2D eigenvalue weighted by molar-refractivity contribution is 7.72. The number of ether oxygens (including phenoxy) is 2. The van der Waals surface area contributed by atoms with Gasteiger partial charge in [-0.25, -0.2) is 22.8 Å². The van der Waals surface area contributed by atoms with Crippen molar-refractivity contribution in [3.63, 3.8) is 0 Å². The summed E-state index contributed by atoms with van der Waals surface area (Å²) in [6.45, 7) is 0.610. The first-order valence-corrected chi connectivity index (χ1v) is 11.7. The number of aliphatic hydroxyl groups is 1. The van der Waals surface area contributed by atoms with E-state index in [2.05, 4.69) is 14.9 Å². The van der Waals surface area contributed by atoms with Crippen molar-refractivity contribution >= 4 is 40.5 Å². The Labute approximate surface area is 201 Å². The van der Waals surface area contributed by atoms with Crippen LogP contribution in [0.1, 0.15) is 29.6 Å². The van der Waals surface area contributed by atoms with Crippen LogP contribution < -0.4 is 16.5 Å². The second kappa shape index (κ2) is 12.8. The summed E-state index contributed by atoms with van der Waals surface area (Å²) in [5.41, 5.74) is 3.93. The molecule has 0 aliphatic carbocycles. The smallest absolute Gasteiger partial charge is 0.345 e. The van der Waals surface area contributed by atoms with Gasteiger partial charge in [-0.2, -0.15) is 5.48 Å². The summed E-state index contributed by atoms with van der Waals surface area (Å²) in [6.07, 6.45) is -3.02. The highest BCUT2D eigenvalue weighted by atomic mass is 32.2. The van der Waals surface area contributed by atoms with Gasteiger partial charge in [0.2, 0.25) is 5.96 Å². The molecule has 3 atom stereocenters. The number of hydrogen-bond donors (Lipinski definition) is 6. The number of hydrogen-bond acceptors (Lipinski definition) is 12. The van der Waals surface area contributed by atoms with Gasteiger partial charge in [0.15, 0.2) is 5.60 Å². The van der Waals surface area contributed by atoms with Crippen molar-refractivity contribution < 1.29 is 47.0 Å². The van der Waals surface area contributed by atoms with E-state index in [9.17, 15) is 32.7 Å². The Morgan fingerprint density at radius 3 is 2.46 bits per heavy atom. The van der Waals surface area contributed by atoms with Crippen LogP contribution in [0, 0.1) is 11.3 Å². The van der Waals surface area contributed by atoms with Gasteiger partial charge in [0.1, 0.15) is 16.8 Å². The molecule has 15 heteroatoms. The van der Waals surface area contributed by atoms with Gasteiger partial charge in [0, 0.05) is 12.5 Å². The van der Waals surface area contributed by atoms with Crippen LogP contribution in [0.5, 0.6) is 0 Å². The number of nitrogens with one attached hydrogen (secondary N) is 3. The number of hydroxylamine groups is 1. The number of carbonyl (C=O) groups is 4. The van der Waals surface area contributed by atoms with Crippen molar-refractivity contribution in [3.8, 4) is 0 Å². The summed E-state index contributed by atoms with van der Waals surface area (Å²) in [6, 6.07) is 7.43. The van der Waals surface area contributed by atoms with E-state index in [1.807, 2.05) is 0 Å². The van der Waals surface area contributed by atoms with E-state index in [0.717, 1.165) is 0 Å². The Kier molecular flexibility index (Phi) is 10.1. The second-order valence-corrected chi connectivity index (χ2v) is 8.75. The maximum absolute atomic E-state index is 12.9. The Bertz CT molecular complexity index is 1020. The first-order valence-electron chi connectivity index (χ1n) is 10.4. The van der Waals surface area contributed by atoms with E-state index >= 15 is 0 Å². The summed E-state index contributed by atoms with van der Waals surface area (Å²) in [5.74, 6) is -6.76. The van der Waals surface area contributed by atoms with Crippen molar-refractivity contribution in [2.75, 3.05) is 18.8 Å². The minimum absolute atomic E-state index is 0.0290. The molecule has 1 aromatic carbocycles. The summed E-state index contributed by atoms with van der Waals surface area (Å²) in [4.78, 5) is 53.9. The summed E-state index contributed by atoms with van der Waals surface area (Å²) in [5, 5.41) is 20.9. The van der Waals surface area contributed by atoms with Crippen LogP contribution in [0.15, 0.2) is 30.3 Å². The quantitative estimate of drug-likeness (QED) is 0.0397. The lowest BCUT2D eigenvalue weighted by molar-refractivity contribution is -0.184. The number of thiol groups is 1. The fourth-order valence-corrected chi connectivity index (χ4v) is 4.03. The fraction of sp³-hybridized carbons (Fsp3) is 0.450. The number of guanidine groups is 1. The molecule has 0 radical (unpaired) electrons. The van der Waals surface area contributed by atoms with Crippen LogP contribution in [-0.2, 0) is 39.4 Å². The normalized spacial score (nSPS) is 19.1. The Hall–Kier alpha value is -3.56. The summed E-state index contributed by atoms with van der Waals surface area (Å²) in [7, 11) is -2.79. The fourth-order valence-electron chi connectivity index (χ4n) is 3.28. The molecule has 2 rings (SSSR count). The van der Waals surface area contributed by atoms with Crippen LogP contribution in [0.3, 0.4) is 0 Å². The standard InChI is InChI=1S/C20H26N4O10S/c21-19(22)24-34-16(26)9-20(29,8-15(25)33-17(27)12-4-2-1-3-5-12)18(28)32-14-6-7-23-10-13(14)11-35(30)31/h1-5,13-14,23,29,35H,6-11H2,(H4,21,22,24). The number of piperidine rings is 1. The van der Waals surface area contributed by atoms with Gasteiger partial charge in [-0.15, -0.1) is 0 Å². The van der Waals surface area contributed by atoms with Crippen LogP contribution in [-0.4, -0.2) is 73.9 Å². The van der Waals surface area contributed by atoms with Gasteiger partial charge in [0.05, 0.1) is 24.2 Å². The lowest BCUT2D eigenvalue weighted by Gasteiger charge is -2.33. The topological polar surface area (TPSA) is 224 Å². The predicted molar refractivity (Wildman–Crippen MR) is 118 cm³/mol. The molecule has 0 bridgehead atoms. The van der Waals surface area contributed by atoms with Gasteiger partial charge in [-0.1, -0.05) is 18.2 Å². The molecule has 0 spiro atoms. The SMILES string of the molecule is N=C(N)NOC(=O)CC(O)(CC(=O)OC(=O)c1ccccc1)C(=O)OC1CCNCC1C[SH](=O)=O. The van der Waals surface area contributed by atoms with E-state index in [4.69, 9.17) is 15.9 Å². The average Bonchev–Trinajstić information content (AvgIpc) is 2.79. The first-order chi connectivity index (χ1) is 16.5. The third kappa shape index (κ3) is 8.95. The van der Waals surface area contributed by atoms with Crippen molar-refractivity contribution in [3.05, 3.63) is 35.9 Å². The molecule has 0 aromatic heterocycles. The van der Waals surface area contributed by atoms with Gasteiger partial charge in [-0.05, 0) is 25.1 Å². The molecule has 1 aromatic rings. The maximum Gasteiger partial charge on any atom is 0.345 e. The summed E-state index contributed by atoms with van der Waals surface area (Å²) >= 11 is 0. The number of carbonyl (C=O) groups excluding carboxylic acids is 4. The molecule has 1 fully saturated rings. The van der Waals surface area contributed by atoms with E-state index in [1.165, 1.54) is 24.3 Å². The predicted octanol–water partition coefficient (Wildman–Crippen LogP) is -2.04. The van der Waals surface area contributed by atoms with Crippen molar-refractivity contribution in [1.82, 2.24) is 10.8 Å². The minimum atomic E-state index is -2.83. The third-order valence-corrected chi connectivity index (χ3v) is 5.69. The molecular formula is C20H26N4O10S. The van der Waals surface area contributed by atoms with Crippen molar-refractivity contribution in [1.29, 1.82) is 5.41 Å². The molecule has 0 amide bonds. The van der Waals surface area contributed by atoms with Crippen LogP contribution in [0.4, 0.5) is 0 Å². The molecular weight excluding hydrogens is 488 g/mol.